The van der Waals surface area contributed by atoms with E-state index in [1.807, 2.05) is 0 Å². The van der Waals surface area contributed by atoms with Crippen molar-refractivity contribution in [3.05, 3.63) is 59.7 Å². The van der Waals surface area contributed by atoms with Crippen molar-refractivity contribution in [2.45, 2.75) is 32.5 Å². The molecule has 1 heterocycles. The smallest absolute Gasteiger partial charge is 0.387 e. The molecule has 0 spiro atoms. The number of carbonyl (C=O) groups excluding carboxylic acids is 3. The zero-order valence-electron chi connectivity index (χ0n) is 15.6. The molecule has 1 atom stereocenters. The molecule has 3 rings (SSSR count). The number of anilines is 1. The maximum Gasteiger partial charge on any atom is 0.387 e. The number of carbonyl (C=O) groups is 3. The lowest BCUT2D eigenvalue weighted by Gasteiger charge is -2.17. The summed E-state index contributed by atoms with van der Waals surface area (Å²) in [5, 5.41) is 0. The minimum absolute atomic E-state index is 0.00154. The van der Waals surface area contributed by atoms with Crippen LogP contribution in [0.4, 0.5) is 14.5 Å². The Morgan fingerprint density at radius 1 is 1.07 bits per heavy atom. The number of ether oxygens (including phenoxy) is 2. The van der Waals surface area contributed by atoms with E-state index >= 15 is 0 Å². The molecule has 0 aromatic heterocycles. The first-order valence-electron chi connectivity index (χ1n) is 9.05. The molecule has 0 unspecified atom stereocenters. The normalized spacial score (nSPS) is 14.8. The molecule has 8 heteroatoms. The molecule has 2 aromatic rings. The maximum atomic E-state index is 12.4. The molecule has 0 bridgehead atoms. The summed E-state index contributed by atoms with van der Waals surface area (Å²) in [6, 6.07) is 11.6. The monoisotopic (exact) mass is 403 g/mol. The van der Waals surface area contributed by atoms with E-state index in [0.717, 1.165) is 6.42 Å². The molecule has 0 saturated carbocycles. The van der Waals surface area contributed by atoms with E-state index in [1.165, 1.54) is 31.2 Å². The quantitative estimate of drug-likeness (QED) is 0.519. The fourth-order valence-corrected chi connectivity index (χ4v) is 3.04. The van der Waals surface area contributed by atoms with Gasteiger partial charge in [-0.05, 0) is 55.8 Å². The molecule has 0 radical (unpaired) electrons. The number of esters is 1. The predicted octanol–water partition coefficient (Wildman–Crippen LogP) is 3.84. The van der Waals surface area contributed by atoms with Crippen LogP contribution in [-0.2, 0) is 9.53 Å². The Morgan fingerprint density at radius 3 is 2.41 bits per heavy atom. The average molecular weight is 403 g/mol. The summed E-state index contributed by atoms with van der Waals surface area (Å²) in [4.78, 5) is 38.4. The third kappa shape index (κ3) is 4.96. The van der Waals surface area contributed by atoms with Gasteiger partial charge in [-0.25, -0.2) is 4.79 Å². The van der Waals surface area contributed by atoms with E-state index in [1.54, 1.807) is 29.2 Å². The maximum absolute atomic E-state index is 12.4. The van der Waals surface area contributed by atoms with Gasteiger partial charge in [0.05, 0.1) is 5.56 Å². The van der Waals surface area contributed by atoms with Crippen LogP contribution in [-0.4, -0.2) is 36.9 Å². The number of nitrogens with zero attached hydrogens (tertiary/aromatic N) is 1. The lowest BCUT2D eigenvalue weighted by atomic mass is 10.1. The fraction of sp³-hybridized carbons (Fsp3) is 0.286. The highest BCUT2D eigenvalue weighted by Crippen LogP contribution is 2.23. The summed E-state index contributed by atoms with van der Waals surface area (Å²) in [5.41, 5.74) is 1.03. The van der Waals surface area contributed by atoms with Crippen molar-refractivity contribution in [1.82, 2.24) is 0 Å². The fourth-order valence-electron chi connectivity index (χ4n) is 3.04. The second-order valence-electron chi connectivity index (χ2n) is 6.51. The van der Waals surface area contributed by atoms with Crippen molar-refractivity contribution in [3.63, 3.8) is 0 Å². The number of Topliss-reactive ketones (excluding diaryl/α,β-unsaturated/α-hetero) is 1. The van der Waals surface area contributed by atoms with Gasteiger partial charge in [-0.1, -0.05) is 6.07 Å². The summed E-state index contributed by atoms with van der Waals surface area (Å²) < 4.78 is 33.9. The van der Waals surface area contributed by atoms with Gasteiger partial charge in [-0.2, -0.15) is 8.78 Å². The lowest BCUT2D eigenvalue weighted by Crippen LogP contribution is -2.25. The molecule has 0 N–H and O–H groups in total. The summed E-state index contributed by atoms with van der Waals surface area (Å²) in [7, 11) is 0. The Balaban J connectivity index is 1.65. The molecular weight excluding hydrogens is 384 g/mol. The van der Waals surface area contributed by atoms with E-state index in [9.17, 15) is 23.2 Å². The Morgan fingerprint density at radius 2 is 1.79 bits per heavy atom. The molecule has 29 heavy (non-hydrogen) atoms. The number of alkyl halides is 2. The van der Waals surface area contributed by atoms with Gasteiger partial charge in [-0.3, -0.25) is 9.59 Å². The average Bonchev–Trinajstić information content (AvgIpc) is 3.13. The van der Waals surface area contributed by atoms with E-state index in [0.29, 0.717) is 18.7 Å². The van der Waals surface area contributed by atoms with Crippen molar-refractivity contribution in [3.8, 4) is 5.75 Å². The van der Waals surface area contributed by atoms with E-state index in [4.69, 9.17) is 4.74 Å². The van der Waals surface area contributed by atoms with Crippen LogP contribution < -0.4 is 9.64 Å². The summed E-state index contributed by atoms with van der Waals surface area (Å²) in [6.45, 7) is -0.933. The molecular formula is C21H19F2NO5. The highest BCUT2D eigenvalue weighted by Gasteiger charge is 2.24. The van der Waals surface area contributed by atoms with Crippen LogP contribution in [0.5, 0.6) is 5.75 Å². The first-order valence-corrected chi connectivity index (χ1v) is 9.05. The molecule has 0 aliphatic carbocycles. The topological polar surface area (TPSA) is 72.9 Å². The number of hydrogen-bond acceptors (Lipinski definition) is 5. The summed E-state index contributed by atoms with van der Waals surface area (Å²) >= 11 is 0. The van der Waals surface area contributed by atoms with Gasteiger partial charge in [0, 0.05) is 24.2 Å². The first kappa shape index (κ1) is 20.4. The third-order valence-corrected chi connectivity index (χ3v) is 4.48. The number of hydrogen-bond donors (Lipinski definition) is 0. The number of rotatable bonds is 7. The second-order valence-corrected chi connectivity index (χ2v) is 6.51. The van der Waals surface area contributed by atoms with Crippen LogP contribution in [0.25, 0.3) is 0 Å². The Hall–Kier alpha value is -3.29. The van der Waals surface area contributed by atoms with Crippen LogP contribution in [0, 0.1) is 0 Å². The molecule has 152 valence electrons. The van der Waals surface area contributed by atoms with Crippen molar-refractivity contribution < 1.29 is 32.6 Å². The van der Waals surface area contributed by atoms with Crippen molar-refractivity contribution in [1.29, 1.82) is 0 Å². The molecule has 1 saturated heterocycles. The molecule has 2 aromatic carbocycles. The number of benzene rings is 2. The van der Waals surface area contributed by atoms with Crippen molar-refractivity contribution in [2.75, 3.05) is 11.4 Å². The Labute approximate surface area is 166 Å². The number of halogens is 2. The van der Waals surface area contributed by atoms with Crippen LogP contribution >= 0.6 is 0 Å². The molecule has 1 fully saturated rings. The second kappa shape index (κ2) is 8.81. The molecule has 1 aliphatic heterocycles. The van der Waals surface area contributed by atoms with Crippen LogP contribution in [0.15, 0.2) is 48.5 Å². The van der Waals surface area contributed by atoms with Gasteiger partial charge in [-0.15, -0.1) is 0 Å². The molecule has 1 aliphatic rings. The zero-order valence-corrected chi connectivity index (χ0v) is 15.6. The van der Waals surface area contributed by atoms with Gasteiger partial charge >= 0.3 is 12.6 Å². The Kier molecular flexibility index (Phi) is 6.21. The minimum Gasteiger partial charge on any atom is -0.451 e. The minimum atomic E-state index is -2.96. The van der Waals surface area contributed by atoms with Gasteiger partial charge < -0.3 is 14.4 Å². The predicted molar refractivity (Wildman–Crippen MR) is 100 cm³/mol. The molecule has 1 amide bonds. The van der Waals surface area contributed by atoms with Crippen molar-refractivity contribution in [2.24, 2.45) is 0 Å². The van der Waals surface area contributed by atoms with Gasteiger partial charge in [0.15, 0.2) is 6.10 Å². The first-order chi connectivity index (χ1) is 13.8. The lowest BCUT2D eigenvalue weighted by molar-refractivity contribution is -0.117. The standard InChI is InChI=1S/C21H19F2NO5/c1-13(19(26)14-7-9-17(10-8-14)29-21(22)23)28-20(27)15-4-2-5-16(12-15)24-11-3-6-18(24)25/h2,4-5,7-10,12-13,21H,3,6,11H2,1H3/t13-/m0/s1. The molecule has 6 nitrogen and oxygen atoms in total. The van der Waals surface area contributed by atoms with E-state index in [-0.39, 0.29) is 22.8 Å². The number of amides is 1. The highest BCUT2D eigenvalue weighted by atomic mass is 19.3. The van der Waals surface area contributed by atoms with Gasteiger partial charge in [0.2, 0.25) is 11.7 Å². The Bertz CT molecular complexity index is 914. The van der Waals surface area contributed by atoms with E-state index in [2.05, 4.69) is 4.74 Å². The van der Waals surface area contributed by atoms with Gasteiger partial charge in [0.25, 0.3) is 0 Å². The summed E-state index contributed by atoms with van der Waals surface area (Å²) in [5.74, 6) is -1.25. The zero-order chi connectivity index (χ0) is 21.0. The van der Waals surface area contributed by atoms with Crippen molar-refractivity contribution >= 4 is 23.3 Å². The van der Waals surface area contributed by atoms with Crippen LogP contribution in [0.3, 0.4) is 0 Å². The largest absolute Gasteiger partial charge is 0.451 e. The van der Waals surface area contributed by atoms with Gasteiger partial charge in [0.1, 0.15) is 5.75 Å². The third-order valence-electron chi connectivity index (χ3n) is 4.48. The highest BCUT2D eigenvalue weighted by molar-refractivity contribution is 6.02. The van der Waals surface area contributed by atoms with Crippen LogP contribution in [0.2, 0.25) is 0 Å². The van der Waals surface area contributed by atoms with E-state index < -0.39 is 24.5 Å². The van der Waals surface area contributed by atoms with Crippen LogP contribution in [0.1, 0.15) is 40.5 Å². The SMILES string of the molecule is C[C@H](OC(=O)c1cccc(N2CCCC2=O)c1)C(=O)c1ccc(OC(F)F)cc1. The number of ketones is 1. The summed E-state index contributed by atoms with van der Waals surface area (Å²) in [6.07, 6.45) is 0.156.